The minimum Gasteiger partial charge on any atom is -0.483 e. The van der Waals surface area contributed by atoms with Crippen LogP contribution in [-0.4, -0.2) is 33.2 Å². The summed E-state index contributed by atoms with van der Waals surface area (Å²) in [4.78, 5) is 14.1. The van der Waals surface area contributed by atoms with E-state index >= 15 is 0 Å². The van der Waals surface area contributed by atoms with Crippen LogP contribution in [0.3, 0.4) is 0 Å². The fraction of sp³-hybridized carbons (Fsp3) is 0.235. The largest absolute Gasteiger partial charge is 0.483 e. The second-order valence-electron chi connectivity index (χ2n) is 5.39. The second-order valence-corrected chi connectivity index (χ2v) is 7.46. The molecule has 23 heavy (non-hydrogen) atoms. The molecule has 1 aliphatic heterocycles. The number of para-hydroxylation sites is 2. The van der Waals surface area contributed by atoms with E-state index < -0.39 is 9.84 Å². The van der Waals surface area contributed by atoms with Gasteiger partial charge >= 0.3 is 0 Å². The van der Waals surface area contributed by atoms with Crippen LogP contribution < -0.4 is 9.64 Å². The second kappa shape index (κ2) is 6.04. The highest BCUT2D eigenvalue weighted by molar-refractivity contribution is 7.91. The minimum atomic E-state index is -3.32. The van der Waals surface area contributed by atoms with Crippen LogP contribution in [0.2, 0.25) is 0 Å². The molecule has 1 amide bonds. The number of nitrogens with zero attached hydrogens (tertiary/aromatic N) is 1. The average Bonchev–Trinajstić information content (AvgIpc) is 2.54. The van der Waals surface area contributed by atoms with Crippen molar-refractivity contribution in [1.29, 1.82) is 0 Å². The Morgan fingerprint density at radius 2 is 1.83 bits per heavy atom. The molecular formula is C17H17NO4S. The quantitative estimate of drug-likeness (QED) is 0.865. The summed E-state index contributed by atoms with van der Waals surface area (Å²) in [5.41, 5.74) is 1.37. The number of fused-ring (bicyclic) bond motifs is 1. The van der Waals surface area contributed by atoms with Gasteiger partial charge in [0.1, 0.15) is 5.75 Å². The molecule has 120 valence electrons. The average molecular weight is 331 g/mol. The molecule has 0 radical (unpaired) electrons. The molecule has 2 aromatic carbocycles. The van der Waals surface area contributed by atoms with Crippen molar-refractivity contribution >= 4 is 21.4 Å². The number of anilines is 1. The number of hydrogen-bond donors (Lipinski definition) is 0. The number of aryl methyl sites for hydroxylation is 1. The van der Waals surface area contributed by atoms with E-state index in [1.54, 1.807) is 24.3 Å². The molecule has 0 fully saturated rings. The number of ether oxygens (including phenoxy) is 1. The van der Waals surface area contributed by atoms with Gasteiger partial charge in [-0.2, -0.15) is 0 Å². The smallest absolute Gasteiger partial charge is 0.264 e. The van der Waals surface area contributed by atoms with E-state index in [4.69, 9.17) is 4.74 Å². The molecule has 0 aliphatic carbocycles. The van der Waals surface area contributed by atoms with Gasteiger partial charge in [-0.25, -0.2) is 8.42 Å². The molecule has 0 N–H and O–H groups in total. The lowest BCUT2D eigenvalue weighted by Crippen LogP contribution is -2.42. The van der Waals surface area contributed by atoms with Crippen molar-refractivity contribution in [3.63, 3.8) is 0 Å². The van der Waals surface area contributed by atoms with Gasteiger partial charge in [-0.3, -0.25) is 4.79 Å². The number of sulfone groups is 1. The first-order valence-electron chi connectivity index (χ1n) is 7.29. The van der Waals surface area contributed by atoms with E-state index in [2.05, 4.69) is 0 Å². The van der Waals surface area contributed by atoms with Crippen molar-refractivity contribution < 1.29 is 17.9 Å². The van der Waals surface area contributed by atoms with Gasteiger partial charge in [0, 0.05) is 6.54 Å². The fourth-order valence-corrected chi connectivity index (χ4v) is 4.01. The lowest BCUT2D eigenvalue weighted by atomic mass is 10.2. The summed E-state index contributed by atoms with van der Waals surface area (Å²) >= 11 is 0. The molecule has 3 rings (SSSR count). The maximum Gasteiger partial charge on any atom is 0.264 e. The van der Waals surface area contributed by atoms with Gasteiger partial charge < -0.3 is 9.64 Å². The Hall–Kier alpha value is -2.34. The zero-order valence-corrected chi connectivity index (χ0v) is 13.5. The highest BCUT2D eigenvalue weighted by Gasteiger charge is 2.31. The maximum atomic E-state index is 12.5. The van der Waals surface area contributed by atoms with Crippen molar-refractivity contribution in [1.82, 2.24) is 0 Å². The molecule has 0 saturated carbocycles. The van der Waals surface area contributed by atoms with Crippen molar-refractivity contribution in [3.8, 4) is 5.75 Å². The topological polar surface area (TPSA) is 63.7 Å². The summed E-state index contributed by atoms with van der Waals surface area (Å²) in [5, 5.41) is 0. The highest BCUT2D eigenvalue weighted by atomic mass is 32.2. The zero-order chi connectivity index (χ0) is 16.4. The monoisotopic (exact) mass is 331 g/mol. The predicted molar refractivity (Wildman–Crippen MR) is 87.5 cm³/mol. The van der Waals surface area contributed by atoms with Crippen LogP contribution in [0.1, 0.15) is 5.56 Å². The van der Waals surface area contributed by atoms with Gasteiger partial charge in [-0.05, 0) is 30.7 Å². The van der Waals surface area contributed by atoms with Gasteiger partial charge in [0.05, 0.1) is 16.3 Å². The van der Waals surface area contributed by atoms with Crippen LogP contribution in [0.5, 0.6) is 5.75 Å². The van der Waals surface area contributed by atoms with Crippen LogP contribution in [0.15, 0.2) is 53.4 Å². The lowest BCUT2D eigenvalue weighted by molar-refractivity contribution is -0.120. The molecule has 0 unspecified atom stereocenters. The number of carbonyl (C=O) groups is 1. The summed E-state index contributed by atoms with van der Waals surface area (Å²) in [6.45, 7) is 1.93. The molecule has 6 heteroatoms. The highest BCUT2D eigenvalue weighted by Crippen LogP contribution is 2.30. The van der Waals surface area contributed by atoms with Crippen LogP contribution in [0, 0.1) is 6.92 Å². The maximum absolute atomic E-state index is 12.5. The third-order valence-corrected chi connectivity index (χ3v) is 5.56. The Kier molecular flexibility index (Phi) is 4.09. The number of carbonyl (C=O) groups excluding carboxylic acids is 1. The van der Waals surface area contributed by atoms with Crippen LogP contribution >= 0.6 is 0 Å². The van der Waals surface area contributed by atoms with E-state index in [1.807, 2.05) is 25.1 Å². The first-order valence-corrected chi connectivity index (χ1v) is 8.95. The SMILES string of the molecule is Cc1ccccc1OCC(=O)N1CCS(=O)(=O)c2ccccc21. The zero-order valence-electron chi connectivity index (χ0n) is 12.7. The Morgan fingerprint density at radius 1 is 1.13 bits per heavy atom. The molecule has 5 nitrogen and oxygen atoms in total. The summed E-state index contributed by atoms with van der Waals surface area (Å²) in [7, 11) is -3.32. The third kappa shape index (κ3) is 3.07. The van der Waals surface area contributed by atoms with Gasteiger partial charge in [0.2, 0.25) is 0 Å². The van der Waals surface area contributed by atoms with Crippen molar-refractivity contribution in [3.05, 3.63) is 54.1 Å². The Bertz CT molecular complexity index is 845. The number of amides is 1. The van der Waals surface area contributed by atoms with E-state index in [1.165, 1.54) is 11.0 Å². The van der Waals surface area contributed by atoms with Crippen LogP contribution in [0.25, 0.3) is 0 Å². The molecular weight excluding hydrogens is 314 g/mol. The summed E-state index contributed by atoms with van der Waals surface area (Å²) < 4.78 is 29.8. The molecule has 0 bridgehead atoms. The third-order valence-electron chi connectivity index (χ3n) is 3.82. The minimum absolute atomic E-state index is 0.0693. The molecule has 2 aromatic rings. The number of hydrogen-bond acceptors (Lipinski definition) is 4. The summed E-state index contributed by atoms with van der Waals surface area (Å²) in [6.07, 6.45) is 0. The molecule has 1 heterocycles. The normalized spacial score (nSPS) is 15.8. The fourth-order valence-electron chi connectivity index (χ4n) is 2.58. The Balaban J connectivity index is 1.80. The molecule has 0 saturated heterocycles. The Morgan fingerprint density at radius 3 is 2.61 bits per heavy atom. The van der Waals surface area contributed by atoms with Gasteiger partial charge in [0.15, 0.2) is 16.4 Å². The van der Waals surface area contributed by atoms with E-state index in [9.17, 15) is 13.2 Å². The number of benzene rings is 2. The Labute approximate surface area is 135 Å². The predicted octanol–water partition coefficient (Wildman–Crippen LogP) is 2.19. The van der Waals surface area contributed by atoms with Crippen molar-refractivity contribution in [2.75, 3.05) is 23.8 Å². The molecule has 0 spiro atoms. The van der Waals surface area contributed by atoms with Gasteiger partial charge in [-0.15, -0.1) is 0 Å². The number of rotatable bonds is 3. The van der Waals surface area contributed by atoms with Gasteiger partial charge in [-0.1, -0.05) is 30.3 Å². The standard InChI is InChI=1S/C17H17NO4S/c1-13-6-2-4-8-15(13)22-12-17(19)18-10-11-23(20,21)16-9-5-3-7-14(16)18/h2-9H,10-12H2,1H3. The lowest BCUT2D eigenvalue weighted by Gasteiger charge is -2.29. The first kappa shape index (κ1) is 15.6. The molecule has 0 atom stereocenters. The first-order chi connectivity index (χ1) is 11.0. The van der Waals surface area contributed by atoms with E-state index in [0.717, 1.165) is 5.56 Å². The van der Waals surface area contributed by atoms with E-state index in [-0.39, 0.29) is 29.7 Å². The van der Waals surface area contributed by atoms with Crippen LogP contribution in [0.4, 0.5) is 5.69 Å². The molecule has 0 aromatic heterocycles. The molecule has 1 aliphatic rings. The van der Waals surface area contributed by atoms with E-state index in [0.29, 0.717) is 11.4 Å². The van der Waals surface area contributed by atoms with Crippen molar-refractivity contribution in [2.24, 2.45) is 0 Å². The summed E-state index contributed by atoms with van der Waals surface area (Å²) in [6, 6.07) is 14.0. The summed E-state index contributed by atoms with van der Waals surface area (Å²) in [5.74, 6) is 0.328. The van der Waals surface area contributed by atoms with Gasteiger partial charge in [0.25, 0.3) is 5.91 Å². The van der Waals surface area contributed by atoms with Crippen molar-refractivity contribution in [2.45, 2.75) is 11.8 Å². The van der Waals surface area contributed by atoms with Crippen LogP contribution in [-0.2, 0) is 14.6 Å².